The number of hydrogen-bond acceptors (Lipinski definition) is 7. The van der Waals surface area contributed by atoms with Crippen molar-refractivity contribution in [2.75, 3.05) is 37.8 Å². The lowest BCUT2D eigenvalue weighted by molar-refractivity contribution is 0.107. The van der Waals surface area contributed by atoms with Crippen LogP contribution in [0.15, 0.2) is 53.3 Å². The average Bonchev–Trinajstić information content (AvgIpc) is 2.77. The number of anilines is 1. The maximum atomic E-state index is 11.6. The van der Waals surface area contributed by atoms with Crippen LogP contribution in [0.4, 0.5) is 5.69 Å². The van der Waals surface area contributed by atoms with Crippen LogP contribution in [-0.4, -0.2) is 57.7 Å². The van der Waals surface area contributed by atoms with E-state index < -0.39 is 16.1 Å². The van der Waals surface area contributed by atoms with Gasteiger partial charge in [0.2, 0.25) is 15.6 Å². The minimum atomic E-state index is -3.27. The summed E-state index contributed by atoms with van der Waals surface area (Å²) in [4.78, 5) is 14.4. The summed E-state index contributed by atoms with van der Waals surface area (Å²) < 4.78 is 36.0. The van der Waals surface area contributed by atoms with Crippen LogP contribution < -0.4 is 25.1 Å². The lowest BCUT2D eigenvalue weighted by Crippen LogP contribution is -2.32. The maximum absolute atomic E-state index is 11.6. The number of aromatic nitrogens is 1. The Morgan fingerprint density at radius 3 is 2.48 bits per heavy atom. The second kappa shape index (κ2) is 11.2. The van der Waals surface area contributed by atoms with Gasteiger partial charge in [-0.15, -0.1) is 0 Å². The number of sulfonamides is 1. The number of fused-ring (bicyclic) bond motifs is 1. The first kappa shape index (κ1) is 24.6. The van der Waals surface area contributed by atoms with Crippen molar-refractivity contribution in [1.82, 2.24) is 10.3 Å². The van der Waals surface area contributed by atoms with Crippen LogP contribution in [0.1, 0.15) is 12.0 Å². The van der Waals surface area contributed by atoms with E-state index in [1.165, 1.54) is 13.2 Å². The monoisotopic (exact) mass is 475 g/mol. The third kappa shape index (κ3) is 7.48. The molecule has 2 aromatic carbocycles. The van der Waals surface area contributed by atoms with E-state index in [1.54, 1.807) is 30.3 Å². The molecule has 1 atom stereocenters. The van der Waals surface area contributed by atoms with Crippen molar-refractivity contribution in [2.45, 2.75) is 18.9 Å². The number of rotatable bonds is 12. The number of pyridine rings is 1. The van der Waals surface area contributed by atoms with Gasteiger partial charge in [-0.25, -0.2) is 8.42 Å². The van der Waals surface area contributed by atoms with Gasteiger partial charge in [-0.3, -0.25) is 9.52 Å². The number of hydrogen-bond donors (Lipinski definition) is 4. The van der Waals surface area contributed by atoms with E-state index in [0.29, 0.717) is 41.2 Å². The van der Waals surface area contributed by atoms with Gasteiger partial charge in [0.15, 0.2) is 0 Å². The van der Waals surface area contributed by atoms with Crippen LogP contribution in [0.25, 0.3) is 10.9 Å². The van der Waals surface area contributed by atoms with Crippen LogP contribution >= 0.6 is 0 Å². The molecule has 0 aliphatic rings. The van der Waals surface area contributed by atoms with E-state index in [9.17, 15) is 18.3 Å². The molecule has 4 N–H and O–H groups in total. The molecule has 178 valence electrons. The van der Waals surface area contributed by atoms with Gasteiger partial charge < -0.3 is 24.9 Å². The highest BCUT2D eigenvalue weighted by molar-refractivity contribution is 7.92. The van der Waals surface area contributed by atoms with E-state index in [0.717, 1.165) is 24.7 Å². The summed E-state index contributed by atoms with van der Waals surface area (Å²) in [7, 11) is -1.75. The Kier molecular flexibility index (Phi) is 8.32. The summed E-state index contributed by atoms with van der Waals surface area (Å²) in [6.45, 7) is 1.19. The predicted molar refractivity (Wildman–Crippen MR) is 129 cm³/mol. The fourth-order valence-electron chi connectivity index (χ4n) is 3.38. The molecule has 0 fully saturated rings. The van der Waals surface area contributed by atoms with Crippen molar-refractivity contribution in [3.63, 3.8) is 0 Å². The normalized spacial score (nSPS) is 12.5. The Morgan fingerprint density at radius 1 is 1.06 bits per heavy atom. The van der Waals surface area contributed by atoms with Crippen molar-refractivity contribution < 1.29 is 23.0 Å². The van der Waals surface area contributed by atoms with Gasteiger partial charge in [-0.1, -0.05) is 12.1 Å². The highest BCUT2D eigenvalue weighted by atomic mass is 32.2. The summed E-state index contributed by atoms with van der Waals surface area (Å²) in [5, 5.41) is 14.1. The van der Waals surface area contributed by atoms with Gasteiger partial charge in [-0.2, -0.15) is 0 Å². The summed E-state index contributed by atoms with van der Waals surface area (Å²) in [6, 6.07) is 13.8. The molecule has 0 aliphatic carbocycles. The molecular weight excluding hydrogens is 446 g/mol. The first-order chi connectivity index (χ1) is 15.7. The molecule has 3 rings (SSSR count). The molecule has 0 amide bonds. The highest BCUT2D eigenvalue weighted by Gasteiger charge is 2.11. The highest BCUT2D eigenvalue weighted by Crippen LogP contribution is 2.30. The molecule has 0 saturated heterocycles. The number of aliphatic hydroxyl groups excluding tert-OH is 1. The van der Waals surface area contributed by atoms with Crippen LogP contribution in [-0.2, 0) is 16.4 Å². The SMILES string of the molecule is COc1ccc(OCC(O)CNCCCc2ccc(NS(C)(=O)=O)cc2)c2ccc(=O)[nH]c12. The number of aliphatic hydroxyl groups is 1. The molecule has 0 aliphatic heterocycles. The van der Waals surface area contributed by atoms with Crippen LogP contribution in [0.2, 0.25) is 0 Å². The molecule has 10 heteroatoms. The Labute approximate surface area is 192 Å². The van der Waals surface area contributed by atoms with Gasteiger partial charge >= 0.3 is 0 Å². The smallest absolute Gasteiger partial charge is 0.248 e. The van der Waals surface area contributed by atoms with Crippen molar-refractivity contribution in [3.8, 4) is 11.5 Å². The molecule has 0 spiro atoms. The van der Waals surface area contributed by atoms with Gasteiger partial charge in [0.05, 0.1) is 18.9 Å². The number of benzene rings is 2. The van der Waals surface area contributed by atoms with Gasteiger partial charge in [0, 0.05) is 23.7 Å². The molecule has 3 aromatic rings. The fourth-order valence-corrected chi connectivity index (χ4v) is 3.94. The Hall–Kier alpha value is -3.08. The molecule has 1 unspecified atom stereocenters. The standard InChI is InChI=1S/C23H29N3O6S/c1-31-21-11-10-20(19-9-12-22(28)25-23(19)21)32-15-18(27)14-24-13-3-4-16-5-7-17(8-6-16)26-33(2,29)30/h5-12,18,24,26-27H,3-4,13-15H2,1-2H3,(H,25,28). The molecular formula is C23H29N3O6S. The number of methoxy groups -OCH3 is 1. The molecule has 9 nitrogen and oxygen atoms in total. The van der Waals surface area contributed by atoms with Gasteiger partial charge in [-0.05, 0) is 55.3 Å². The average molecular weight is 476 g/mol. The molecule has 1 heterocycles. The Morgan fingerprint density at radius 2 is 1.79 bits per heavy atom. The van der Waals surface area contributed by atoms with E-state index in [1.807, 2.05) is 12.1 Å². The second-order valence-electron chi connectivity index (χ2n) is 7.72. The van der Waals surface area contributed by atoms with E-state index in [2.05, 4.69) is 15.0 Å². The third-order valence-corrected chi connectivity index (χ3v) is 5.53. The molecule has 0 saturated carbocycles. The first-order valence-corrected chi connectivity index (χ1v) is 12.4. The molecule has 1 aromatic heterocycles. The minimum Gasteiger partial charge on any atom is -0.495 e. The van der Waals surface area contributed by atoms with Crippen molar-refractivity contribution in [3.05, 3.63) is 64.4 Å². The summed E-state index contributed by atoms with van der Waals surface area (Å²) in [5.74, 6) is 1.09. The Balaban J connectivity index is 1.41. The molecule has 33 heavy (non-hydrogen) atoms. The zero-order valence-corrected chi connectivity index (χ0v) is 19.4. The number of aryl methyl sites for hydroxylation is 1. The lowest BCUT2D eigenvalue weighted by Gasteiger charge is -2.15. The summed E-state index contributed by atoms with van der Waals surface area (Å²) in [6.07, 6.45) is 2.11. The predicted octanol–water partition coefficient (Wildman–Crippen LogP) is 1.87. The van der Waals surface area contributed by atoms with Gasteiger partial charge in [0.1, 0.15) is 24.2 Å². The van der Waals surface area contributed by atoms with Crippen molar-refractivity contribution in [2.24, 2.45) is 0 Å². The molecule has 0 bridgehead atoms. The third-order valence-electron chi connectivity index (χ3n) is 4.92. The second-order valence-corrected chi connectivity index (χ2v) is 9.47. The maximum Gasteiger partial charge on any atom is 0.248 e. The lowest BCUT2D eigenvalue weighted by atomic mass is 10.1. The number of H-pyrrole nitrogens is 1. The van der Waals surface area contributed by atoms with Crippen molar-refractivity contribution >= 4 is 26.6 Å². The summed E-state index contributed by atoms with van der Waals surface area (Å²) in [5.41, 5.74) is 1.96. The minimum absolute atomic E-state index is 0.0996. The first-order valence-electron chi connectivity index (χ1n) is 10.5. The van der Waals surface area contributed by atoms with Crippen molar-refractivity contribution in [1.29, 1.82) is 0 Å². The number of aromatic amines is 1. The van der Waals surface area contributed by atoms with E-state index in [-0.39, 0.29) is 12.2 Å². The quantitative estimate of drug-likeness (QED) is 0.294. The summed E-state index contributed by atoms with van der Waals surface area (Å²) >= 11 is 0. The zero-order valence-electron chi connectivity index (χ0n) is 18.6. The topological polar surface area (TPSA) is 130 Å². The largest absolute Gasteiger partial charge is 0.495 e. The van der Waals surface area contributed by atoms with Crippen LogP contribution in [0, 0.1) is 0 Å². The zero-order chi connectivity index (χ0) is 23.8. The molecule has 0 radical (unpaired) electrons. The Bertz CT molecular complexity index is 1230. The van der Waals surface area contributed by atoms with Crippen LogP contribution in [0.5, 0.6) is 11.5 Å². The van der Waals surface area contributed by atoms with Gasteiger partial charge in [0.25, 0.3) is 0 Å². The van der Waals surface area contributed by atoms with Crippen LogP contribution in [0.3, 0.4) is 0 Å². The fraction of sp³-hybridized carbons (Fsp3) is 0.348. The van der Waals surface area contributed by atoms with E-state index in [4.69, 9.17) is 9.47 Å². The number of nitrogens with one attached hydrogen (secondary N) is 3. The number of ether oxygens (including phenoxy) is 2. The van der Waals surface area contributed by atoms with E-state index >= 15 is 0 Å².